The zero-order chi connectivity index (χ0) is 14.1. The van der Waals surface area contributed by atoms with Gasteiger partial charge in [0.25, 0.3) is 0 Å². The molecule has 5 heteroatoms. The van der Waals surface area contributed by atoms with Crippen LogP contribution in [0.25, 0.3) is 11.1 Å². The van der Waals surface area contributed by atoms with Crippen LogP contribution in [0.15, 0.2) is 58.4 Å². The molecule has 0 saturated carbocycles. The highest BCUT2D eigenvalue weighted by molar-refractivity contribution is 8.39. The van der Waals surface area contributed by atoms with E-state index in [-0.39, 0.29) is 0 Å². The number of hydrogen-bond donors (Lipinski definition) is 1. The summed E-state index contributed by atoms with van der Waals surface area (Å²) in [7, 11) is 1.33. The summed E-state index contributed by atoms with van der Waals surface area (Å²) in [4.78, 5) is 6.43. The first-order chi connectivity index (χ1) is 9.72. The second-order valence-electron chi connectivity index (χ2n) is 4.28. The number of nitrogens with one attached hydrogen (secondary N) is 1. The fourth-order valence-corrected chi connectivity index (χ4v) is 4.53. The summed E-state index contributed by atoms with van der Waals surface area (Å²) < 4.78 is 0. The lowest BCUT2D eigenvalue weighted by molar-refractivity contribution is 1.22. The van der Waals surface area contributed by atoms with Gasteiger partial charge in [-0.25, -0.2) is 4.99 Å². The second kappa shape index (κ2) is 5.52. The molecule has 1 aliphatic rings. The molecule has 1 atom stereocenters. The van der Waals surface area contributed by atoms with E-state index in [9.17, 15) is 0 Å². The maximum atomic E-state index is 5.60. The van der Waals surface area contributed by atoms with Gasteiger partial charge in [-0.05, 0) is 32.3 Å². The Balaban J connectivity index is 2.17. The molecule has 3 rings (SSSR count). The molecule has 1 heterocycles. The van der Waals surface area contributed by atoms with Gasteiger partial charge in [0.05, 0.1) is 5.69 Å². The molecule has 20 heavy (non-hydrogen) atoms. The van der Waals surface area contributed by atoms with Crippen LogP contribution in [0.4, 0.5) is 5.69 Å². The van der Waals surface area contributed by atoms with E-state index in [1.54, 1.807) is 7.05 Å². The minimum Gasteiger partial charge on any atom is -0.377 e. The molecule has 1 aliphatic heterocycles. The quantitative estimate of drug-likeness (QED) is 0.860. The molecule has 0 saturated heterocycles. The maximum Gasteiger partial charge on any atom is 0.140 e. The van der Waals surface area contributed by atoms with E-state index in [4.69, 9.17) is 28.4 Å². The van der Waals surface area contributed by atoms with Crippen molar-refractivity contribution in [2.24, 2.45) is 4.99 Å². The number of nitrogens with zero attached hydrogens (tertiary/aromatic N) is 1. The Kier molecular flexibility index (Phi) is 3.74. The summed E-state index contributed by atoms with van der Waals surface area (Å²) in [6.07, 6.45) is 0. The van der Waals surface area contributed by atoms with Crippen molar-refractivity contribution in [3.63, 3.8) is 0 Å². The largest absolute Gasteiger partial charge is 0.377 e. The Morgan fingerprint density at radius 1 is 1.10 bits per heavy atom. The number of rotatable bonds is 2. The van der Waals surface area contributed by atoms with Crippen molar-refractivity contribution in [1.29, 1.82) is 0 Å². The lowest BCUT2D eigenvalue weighted by Gasteiger charge is -2.06. The number of hydrogen-bond acceptors (Lipinski definition) is 3. The summed E-state index contributed by atoms with van der Waals surface area (Å²) in [5.41, 5.74) is 3.22. The highest BCUT2D eigenvalue weighted by Crippen LogP contribution is 2.39. The molecule has 0 fully saturated rings. The average molecular weight is 316 g/mol. The fraction of sp³-hybridized carbons (Fsp3) is 0.0667. The van der Waals surface area contributed by atoms with Crippen molar-refractivity contribution in [3.05, 3.63) is 48.5 Å². The van der Waals surface area contributed by atoms with Crippen LogP contribution in [0, 0.1) is 0 Å². The summed E-state index contributed by atoms with van der Waals surface area (Å²) in [6, 6.07) is 16.4. The Morgan fingerprint density at radius 2 is 1.85 bits per heavy atom. The van der Waals surface area contributed by atoms with Crippen molar-refractivity contribution in [1.82, 2.24) is 5.32 Å². The number of aliphatic imine (C=N–C) groups is 1. The number of thiocarbonyl (C=S) groups is 1. The third-order valence-corrected chi connectivity index (χ3v) is 6.01. The maximum absolute atomic E-state index is 5.60. The molecule has 2 aromatic rings. The van der Waals surface area contributed by atoms with Crippen LogP contribution in [0.2, 0.25) is 0 Å². The molecule has 2 nitrogen and oxygen atoms in total. The predicted octanol–water partition coefficient (Wildman–Crippen LogP) is 3.38. The molecule has 0 spiro atoms. The Hall–Kier alpha value is -1.43. The van der Waals surface area contributed by atoms with Crippen LogP contribution in [-0.4, -0.2) is 17.1 Å². The van der Waals surface area contributed by atoms with Gasteiger partial charge < -0.3 is 5.32 Å². The van der Waals surface area contributed by atoms with Gasteiger partial charge >= 0.3 is 0 Å². The van der Waals surface area contributed by atoms with Crippen LogP contribution >= 0.6 is 12.2 Å². The SMILES string of the molecule is CNC(=S)C1=Nc2c(-c3ccccc3)cccc2S1=S. The standard InChI is InChI=1S/C15H12N2S3/c1-16-14(18)15-17-13-11(10-6-3-2-4-7-10)8-5-9-12(13)20(15)19/h2-9H,1H3,(H,16,18). The Morgan fingerprint density at radius 3 is 2.55 bits per heavy atom. The van der Waals surface area contributed by atoms with Gasteiger partial charge in [0.2, 0.25) is 0 Å². The van der Waals surface area contributed by atoms with Gasteiger partial charge in [-0.1, -0.05) is 54.7 Å². The smallest absolute Gasteiger partial charge is 0.140 e. The van der Waals surface area contributed by atoms with E-state index in [2.05, 4.69) is 23.5 Å². The number of para-hydroxylation sites is 1. The molecule has 0 bridgehead atoms. The summed E-state index contributed by atoms with van der Waals surface area (Å²) in [5, 5.41) is 3.77. The van der Waals surface area contributed by atoms with E-state index in [1.807, 2.05) is 30.3 Å². The number of benzene rings is 2. The van der Waals surface area contributed by atoms with Crippen molar-refractivity contribution >= 4 is 48.6 Å². The minimum atomic E-state index is -0.470. The van der Waals surface area contributed by atoms with Crippen molar-refractivity contribution in [3.8, 4) is 11.1 Å². The Labute approximate surface area is 130 Å². The molecule has 1 unspecified atom stereocenters. The predicted molar refractivity (Wildman–Crippen MR) is 93.6 cm³/mol. The van der Waals surface area contributed by atoms with E-state index < -0.39 is 9.45 Å². The molecular formula is C15H12N2S3. The van der Waals surface area contributed by atoms with Crippen LogP contribution in [-0.2, 0) is 20.6 Å². The van der Waals surface area contributed by atoms with Gasteiger partial charge in [-0.3, -0.25) is 0 Å². The first-order valence-electron chi connectivity index (χ1n) is 6.13. The fourth-order valence-electron chi connectivity index (χ4n) is 2.13. The van der Waals surface area contributed by atoms with Gasteiger partial charge in [0, 0.05) is 17.5 Å². The van der Waals surface area contributed by atoms with Gasteiger partial charge in [0.15, 0.2) is 0 Å². The zero-order valence-corrected chi connectivity index (χ0v) is 13.2. The van der Waals surface area contributed by atoms with Crippen molar-refractivity contribution < 1.29 is 0 Å². The molecule has 0 aromatic heterocycles. The molecule has 1 N–H and O–H groups in total. The highest BCUT2D eigenvalue weighted by atomic mass is 32.8. The van der Waals surface area contributed by atoms with Gasteiger partial charge in [-0.15, -0.1) is 0 Å². The van der Waals surface area contributed by atoms with Crippen LogP contribution in [0.5, 0.6) is 0 Å². The summed E-state index contributed by atoms with van der Waals surface area (Å²) in [6.45, 7) is 0. The van der Waals surface area contributed by atoms with E-state index in [1.165, 1.54) is 0 Å². The van der Waals surface area contributed by atoms with E-state index >= 15 is 0 Å². The topological polar surface area (TPSA) is 24.4 Å². The third-order valence-electron chi connectivity index (χ3n) is 3.09. The molecule has 0 radical (unpaired) electrons. The number of fused-ring (bicyclic) bond motifs is 1. The monoisotopic (exact) mass is 316 g/mol. The average Bonchev–Trinajstić information content (AvgIpc) is 2.85. The van der Waals surface area contributed by atoms with Gasteiger partial charge in [-0.2, -0.15) is 0 Å². The minimum absolute atomic E-state index is 0.470. The van der Waals surface area contributed by atoms with E-state index in [0.29, 0.717) is 4.99 Å². The van der Waals surface area contributed by atoms with Gasteiger partial charge in [0.1, 0.15) is 10.0 Å². The summed E-state index contributed by atoms with van der Waals surface area (Å²) in [5.74, 6) is 0. The highest BCUT2D eigenvalue weighted by Gasteiger charge is 2.24. The van der Waals surface area contributed by atoms with E-state index in [0.717, 1.165) is 26.8 Å². The molecule has 2 aromatic carbocycles. The van der Waals surface area contributed by atoms with Crippen molar-refractivity contribution in [2.45, 2.75) is 4.90 Å². The summed E-state index contributed by atoms with van der Waals surface area (Å²) >= 11 is 10.9. The lowest BCUT2D eigenvalue weighted by Crippen LogP contribution is -2.26. The van der Waals surface area contributed by atoms with Crippen molar-refractivity contribution in [2.75, 3.05) is 7.05 Å². The molecule has 0 aliphatic carbocycles. The first kappa shape index (κ1) is 13.5. The Bertz CT molecular complexity index is 736. The molecule has 100 valence electrons. The zero-order valence-electron chi connectivity index (χ0n) is 10.8. The van der Waals surface area contributed by atoms with Crippen LogP contribution < -0.4 is 5.32 Å². The molecular weight excluding hydrogens is 304 g/mol. The van der Waals surface area contributed by atoms with Crippen LogP contribution in [0.3, 0.4) is 0 Å². The first-order valence-corrected chi connectivity index (χ1v) is 8.69. The van der Waals surface area contributed by atoms with Crippen LogP contribution in [0.1, 0.15) is 0 Å². The second-order valence-corrected chi connectivity index (χ2v) is 7.06. The lowest BCUT2D eigenvalue weighted by atomic mass is 10.0. The molecule has 0 amide bonds. The normalized spacial score (nSPS) is 16.4. The third kappa shape index (κ3) is 2.22.